The number of benzene rings is 1. The van der Waals surface area contributed by atoms with Crippen molar-refractivity contribution < 1.29 is 18.0 Å². The van der Waals surface area contributed by atoms with Crippen molar-refractivity contribution in [2.75, 3.05) is 24.4 Å². The fourth-order valence-electron chi connectivity index (χ4n) is 3.38. The van der Waals surface area contributed by atoms with Gasteiger partial charge in [-0.1, -0.05) is 12.1 Å². The maximum atomic E-state index is 12.9. The first kappa shape index (κ1) is 24.3. The predicted octanol–water partition coefficient (Wildman–Crippen LogP) is 0.529. The van der Waals surface area contributed by atoms with Crippen LogP contribution >= 0.6 is 0 Å². The molecule has 5 N–H and O–H groups in total. The zero-order valence-corrected chi connectivity index (χ0v) is 19.3. The molecule has 178 valence electrons. The first-order chi connectivity index (χ1) is 15.6. The number of amides is 1. The van der Waals surface area contributed by atoms with Crippen molar-refractivity contribution in [3.05, 3.63) is 58.0 Å². The smallest absolute Gasteiger partial charge is 0.275 e. The minimum absolute atomic E-state index is 0.0461. The summed E-state index contributed by atoms with van der Waals surface area (Å²) in [6.07, 6.45) is 0.690. The summed E-state index contributed by atoms with van der Waals surface area (Å²) in [6, 6.07) is 9.31. The van der Waals surface area contributed by atoms with E-state index < -0.39 is 15.6 Å². The van der Waals surface area contributed by atoms with Crippen molar-refractivity contribution in [1.82, 2.24) is 14.9 Å². The standard InChI is InChI=1S/C21H28N6O5S/c1-14-4-3-5-17(10-14)33(30,31)25-18-7-6-15(2)26(20(18)29)12-19(28)24-11-16-8-9-27(21(22)23)32-13-16/h3-7,10,16,25H,8-9,11-13H2,1-2H3,(H3,22,23)(H,24,28). The van der Waals surface area contributed by atoms with Crippen LogP contribution in [0.15, 0.2) is 46.1 Å². The lowest BCUT2D eigenvalue weighted by molar-refractivity contribution is -0.146. The van der Waals surface area contributed by atoms with Crippen molar-refractivity contribution in [1.29, 1.82) is 5.41 Å². The molecule has 1 atom stereocenters. The number of nitrogens with one attached hydrogen (secondary N) is 3. The van der Waals surface area contributed by atoms with Gasteiger partial charge in [-0.15, -0.1) is 0 Å². The van der Waals surface area contributed by atoms with Gasteiger partial charge in [0.05, 0.1) is 11.5 Å². The van der Waals surface area contributed by atoms with Gasteiger partial charge in [0.1, 0.15) is 12.2 Å². The van der Waals surface area contributed by atoms with Crippen molar-refractivity contribution in [3.8, 4) is 0 Å². The highest BCUT2D eigenvalue weighted by molar-refractivity contribution is 7.92. The van der Waals surface area contributed by atoms with Crippen LogP contribution in [0.2, 0.25) is 0 Å². The second-order valence-corrected chi connectivity index (χ2v) is 9.63. The summed E-state index contributed by atoms with van der Waals surface area (Å²) in [7, 11) is -3.96. The van der Waals surface area contributed by atoms with Crippen LogP contribution in [-0.4, -0.2) is 49.6 Å². The van der Waals surface area contributed by atoms with Crippen LogP contribution in [0.25, 0.3) is 0 Å². The number of guanidine groups is 1. The van der Waals surface area contributed by atoms with Crippen LogP contribution in [0.5, 0.6) is 0 Å². The normalized spacial score (nSPS) is 16.3. The topological polar surface area (TPSA) is 160 Å². The number of nitrogens with two attached hydrogens (primary N) is 1. The Hall–Kier alpha value is -3.38. The molecular formula is C21H28N6O5S. The van der Waals surface area contributed by atoms with Gasteiger partial charge in [-0.25, -0.2) is 13.5 Å². The highest BCUT2D eigenvalue weighted by Crippen LogP contribution is 2.15. The summed E-state index contributed by atoms with van der Waals surface area (Å²) in [5.74, 6) is -0.493. The van der Waals surface area contributed by atoms with Gasteiger partial charge in [0.15, 0.2) is 0 Å². The van der Waals surface area contributed by atoms with E-state index in [0.29, 0.717) is 31.8 Å². The first-order valence-corrected chi connectivity index (χ1v) is 11.9. The summed E-state index contributed by atoms with van der Waals surface area (Å²) in [5.41, 5.74) is 5.92. The molecule has 3 rings (SSSR count). The van der Waals surface area contributed by atoms with E-state index in [1.807, 2.05) is 0 Å². The van der Waals surface area contributed by atoms with Gasteiger partial charge in [0.2, 0.25) is 11.9 Å². The molecule has 1 fully saturated rings. The Morgan fingerprint density at radius 2 is 2.03 bits per heavy atom. The lowest BCUT2D eigenvalue weighted by atomic mass is 10.1. The number of sulfonamides is 1. The van der Waals surface area contributed by atoms with Gasteiger partial charge in [-0.05, 0) is 50.1 Å². The van der Waals surface area contributed by atoms with Crippen LogP contribution in [0, 0.1) is 25.2 Å². The summed E-state index contributed by atoms with van der Waals surface area (Å²) < 4.78 is 28.9. The molecule has 1 amide bonds. The molecule has 0 radical (unpaired) electrons. The van der Waals surface area contributed by atoms with E-state index in [9.17, 15) is 18.0 Å². The highest BCUT2D eigenvalue weighted by atomic mass is 32.2. The molecule has 1 aromatic heterocycles. The fraction of sp³-hybridized carbons (Fsp3) is 0.381. The molecule has 1 unspecified atom stereocenters. The number of anilines is 1. The van der Waals surface area contributed by atoms with E-state index >= 15 is 0 Å². The van der Waals surface area contributed by atoms with Crippen LogP contribution in [0.4, 0.5) is 5.69 Å². The number of hydroxylamine groups is 2. The number of carbonyl (C=O) groups excluding carboxylic acids is 1. The fourth-order valence-corrected chi connectivity index (χ4v) is 4.54. The van der Waals surface area contributed by atoms with Gasteiger partial charge in [0, 0.05) is 24.7 Å². The molecule has 0 bridgehead atoms. The van der Waals surface area contributed by atoms with Gasteiger partial charge in [-0.2, -0.15) is 0 Å². The monoisotopic (exact) mass is 476 g/mol. The molecule has 2 aromatic rings. The summed E-state index contributed by atoms with van der Waals surface area (Å²) in [5, 5.41) is 11.4. The van der Waals surface area contributed by atoms with Crippen molar-refractivity contribution in [2.45, 2.75) is 31.7 Å². The lowest BCUT2D eigenvalue weighted by Crippen LogP contribution is -2.45. The third-order valence-electron chi connectivity index (χ3n) is 5.30. The Balaban J connectivity index is 1.65. The third-order valence-corrected chi connectivity index (χ3v) is 6.66. The van der Waals surface area contributed by atoms with Crippen molar-refractivity contribution in [3.63, 3.8) is 0 Å². The Morgan fingerprint density at radius 1 is 1.27 bits per heavy atom. The molecule has 0 spiro atoms. The van der Waals surface area contributed by atoms with Crippen molar-refractivity contribution in [2.24, 2.45) is 11.7 Å². The molecule has 12 heteroatoms. The number of pyridine rings is 1. The number of hydrogen-bond donors (Lipinski definition) is 4. The quantitative estimate of drug-likeness (QED) is 0.335. The molecule has 2 heterocycles. The van der Waals surface area contributed by atoms with E-state index in [1.54, 1.807) is 32.0 Å². The Morgan fingerprint density at radius 3 is 2.67 bits per heavy atom. The number of carbonyl (C=O) groups is 1. The molecule has 1 aliphatic rings. The zero-order chi connectivity index (χ0) is 24.2. The summed E-state index contributed by atoms with van der Waals surface area (Å²) in [6.45, 7) is 4.30. The molecule has 1 saturated heterocycles. The number of hydrogen-bond acceptors (Lipinski definition) is 6. The third kappa shape index (κ3) is 6.11. The minimum atomic E-state index is -3.96. The lowest BCUT2D eigenvalue weighted by Gasteiger charge is -2.31. The molecule has 33 heavy (non-hydrogen) atoms. The highest BCUT2D eigenvalue weighted by Gasteiger charge is 2.22. The van der Waals surface area contributed by atoms with Crippen LogP contribution in [-0.2, 0) is 26.2 Å². The van der Waals surface area contributed by atoms with E-state index in [-0.39, 0.29) is 34.9 Å². The summed E-state index contributed by atoms with van der Waals surface area (Å²) >= 11 is 0. The molecule has 0 saturated carbocycles. The predicted molar refractivity (Wildman–Crippen MR) is 123 cm³/mol. The number of aryl methyl sites for hydroxylation is 2. The largest absolute Gasteiger partial charge is 0.368 e. The van der Waals surface area contributed by atoms with E-state index in [4.69, 9.17) is 16.0 Å². The molecular weight excluding hydrogens is 448 g/mol. The average molecular weight is 477 g/mol. The second kappa shape index (κ2) is 10.0. The Labute approximate surface area is 192 Å². The maximum Gasteiger partial charge on any atom is 0.275 e. The van der Waals surface area contributed by atoms with Crippen LogP contribution < -0.4 is 21.3 Å². The number of rotatable bonds is 7. The van der Waals surface area contributed by atoms with Crippen molar-refractivity contribution >= 4 is 27.6 Å². The van der Waals surface area contributed by atoms with E-state index in [0.717, 1.165) is 5.56 Å². The molecule has 11 nitrogen and oxygen atoms in total. The van der Waals surface area contributed by atoms with E-state index in [1.165, 1.54) is 27.8 Å². The first-order valence-electron chi connectivity index (χ1n) is 10.4. The van der Waals surface area contributed by atoms with Gasteiger partial charge in [-0.3, -0.25) is 24.6 Å². The average Bonchev–Trinajstić information content (AvgIpc) is 2.77. The SMILES string of the molecule is Cc1cccc(S(=O)(=O)Nc2ccc(C)n(CC(=O)NCC3CCN(C(=N)N)OC3)c2=O)c1. The molecule has 1 aromatic carbocycles. The van der Waals surface area contributed by atoms with Gasteiger partial charge in [0.25, 0.3) is 15.6 Å². The Kier molecular flexibility index (Phi) is 7.39. The Bertz CT molecular complexity index is 1200. The van der Waals surface area contributed by atoms with Crippen LogP contribution in [0.1, 0.15) is 17.7 Å². The minimum Gasteiger partial charge on any atom is -0.368 e. The van der Waals surface area contributed by atoms with E-state index in [2.05, 4.69) is 10.0 Å². The summed E-state index contributed by atoms with van der Waals surface area (Å²) in [4.78, 5) is 30.8. The number of nitrogens with zero attached hydrogens (tertiary/aromatic N) is 2. The van der Waals surface area contributed by atoms with Crippen LogP contribution in [0.3, 0.4) is 0 Å². The zero-order valence-electron chi connectivity index (χ0n) is 18.5. The molecule has 0 aliphatic carbocycles. The molecule has 1 aliphatic heterocycles. The van der Waals surface area contributed by atoms with Gasteiger partial charge >= 0.3 is 0 Å². The second-order valence-electron chi connectivity index (χ2n) is 7.94. The number of aromatic nitrogens is 1. The van der Waals surface area contributed by atoms with Gasteiger partial charge < -0.3 is 15.6 Å². The maximum absolute atomic E-state index is 12.9.